The van der Waals surface area contributed by atoms with Gasteiger partial charge in [-0.05, 0) is 55.9 Å². The Morgan fingerprint density at radius 2 is 1.46 bits per heavy atom. The average Bonchev–Trinajstić information content (AvgIpc) is 2.79. The number of amides is 2. The fraction of sp³-hybridized carbons (Fsp3) is 0.240. The molecule has 0 aliphatic rings. The molecule has 0 radical (unpaired) electrons. The third-order valence-corrected chi connectivity index (χ3v) is 6.89. The van der Waals surface area contributed by atoms with Gasteiger partial charge in [0.05, 0.1) is 18.0 Å². The largest absolute Gasteiger partial charge is 0.325 e. The fourth-order valence-electron chi connectivity index (χ4n) is 3.36. The maximum absolute atomic E-state index is 12.9. The molecule has 10 heteroatoms. The van der Waals surface area contributed by atoms with Gasteiger partial charge in [0.1, 0.15) is 5.82 Å². The molecule has 0 atom stereocenters. The van der Waals surface area contributed by atoms with Crippen LogP contribution in [0.4, 0.5) is 11.5 Å². The Labute approximate surface area is 205 Å². The smallest absolute Gasteiger partial charge is 0.243 e. The number of benzene rings is 2. The highest BCUT2D eigenvalue weighted by atomic mass is 32.2. The lowest BCUT2D eigenvalue weighted by molar-refractivity contribution is -0.119. The van der Waals surface area contributed by atoms with Gasteiger partial charge in [-0.15, -0.1) is 0 Å². The van der Waals surface area contributed by atoms with Gasteiger partial charge in [0, 0.05) is 25.0 Å². The molecule has 0 fully saturated rings. The number of sulfonamides is 1. The van der Waals surface area contributed by atoms with Gasteiger partial charge in [0.2, 0.25) is 21.8 Å². The first-order chi connectivity index (χ1) is 16.6. The van der Waals surface area contributed by atoms with Gasteiger partial charge in [0.15, 0.2) is 0 Å². The van der Waals surface area contributed by atoms with Gasteiger partial charge >= 0.3 is 0 Å². The minimum Gasteiger partial charge on any atom is -0.325 e. The molecule has 0 aliphatic heterocycles. The molecule has 1 heterocycles. The maximum Gasteiger partial charge on any atom is 0.243 e. The number of aryl methyl sites for hydroxylation is 1. The molecule has 0 spiro atoms. The summed E-state index contributed by atoms with van der Waals surface area (Å²) in [6.45, 7) is 2.07. The Morgan fingerprint density at radius 3 is 2.09 bits per heavy atom. The van der Waals surface area contributed by atoms with Crippen molar-refractivity contribution in [1.82, 2.24) is 14.2 Å². The summed E-state index contributed by atoms with van der Waals surface area (Å²) in [5, 5.41) is 5.41. The third kappa shape index (κ3) is 7.71. The molecule has 0 aliphatic carbocycles. The van der Waals surface area contributed by atoms with Crippen molar-refractivity contribution in [3.8, 4) is 0 Å². The molecule has 9 nitrogen and oxygen atoms in total. The normalized spacial score (nSPS) is 11.5. The van der Waals surface area contributed by atoms with Crippen LogP contribution in [0.1, 0.15) is 11.3 Å². The van der Waals surface area contributed by atoms with Crippen molar-refractivity contribution in [2.24, 2.45) is 0 Å². The van der Waals surface area contributed by atoms with Crippen molar-refractivity contribution in [3.63, 3.8) is 0 Å². The number of nitrogens with one attached hydrogen (secondary N) is 2. The van der Waals surface area contributed by atoms with Gasteiger partial charge in [-0.2, -0.15) is 4.31 Å². The number of hydrogen-bond acceptors (Lipinski definition) is 6. The van der Waals surface area contributed by atoms with Crippen LogP contribution in [0.2, 0.25) is 0 Å². The zero-order valence-electron chi connectivity index (χ0n) is 19.9. The zero-order chi connectivity index (χ0) is 25.4. The second-order valence-electron chi connectivity index (χ2n) is 8.20. The molecule has 3 aromatic rings. The van der Waals surface area contributed by atoms with Crippen LogP contribution >= 0.6 is 0 Å². The van der Waals surface area contributed by atoms with Crippen LogP contribution in [0.15, 0.2) is 77.7 Å². The van der Waals surface area contributed by atoms with Crippen LogP contribution in [0, 0.1) is 6.92 Å². The zero-order valence-corrected chi connectivity index (χ0v) is 20.7. The molecular weight excluding hydrogens is 466 g/mol. The first-order valence-corrected chi connectivity index (χ1v) is 12.4. The van der Waals surface area contributed by atoms with Crippen LogP contribution in [-0.4, -0.2) is 61.6 Å². The molecular formula is C25H29N5O4S. The van der Waals surface area contributed by atoms with Gasteiger partial charge in [-0.3, -0.25) is 14.5 Å². The Balaban J connectivity index is 1.51. The van der Waals surface area contributed by atoms with E-state index in [9.17, 15) is 18.0 Å². The number of pyridine rings is 1. The Bertz CT molecular complexity index is 1260. The SMILES string of the molecule is Cc1cccc(NC(=O)CN(C)CC(=O)Nc2ccc(S(=O)(=O)N(C)Cc3ccccc3)cc2)n1. The Morgan fingerprint density at radius 1 is 0.829 bits per heavy atom. The highest BCUT2D eigenvalue weighted by molar-refractivity contribution is 7.89. The molecule has 0 saturated carbocycles. The molecule has 2 aromatic carbocycles. The summed E-state index contributed by atoms with van der Waals surface area (Å²) in [6.07, 6.45) is 0. The van der Waals surface area contributed by atoms with Gasteiger partial charge in [0.25, 0.3) is 0 Å². The quantitative estimate of drug-likeness (QED) is 0.447. The lowest BCUT2D eigenvalue weighted by atomic mass is 10.2. The number of aromatic nitrogens is 1. The van der Waals surface area contributed by atoms with Crippen LogP contribution < -0.4 is 10.6 Å². The lowest BCUT2D eigenvalue weighted by Gasteiger charge is -2.18. The molecule has 0 bridgehead atoms. The summed E-state index contributed by atoms with van der Waals surface area (Å²) in [5.41, 5.74) is 2.13. The highest BCUT2D eigenvalue weighted by Crippen LogP contribution is 2.19. The predicted molar refractivity (Wildman–Crippen MR) is 135 cm³/mol. The van der Waals surface area contributed by atoms with E-state index < -0.39 is 10.0 Å². The number of carbonyl (C=O) groups excluding carboxylic acids is 2. The number of hydrogen-bond donors (Lipinski definition) is 2. The molecule has 2 amide bonds. The monoisotopic (exact) mass is 495 g/mol. The number of likely N-dealkylation sites (N-methyl/N-ethyl adjacent to an activating group) is 1. The highest BCUT2D eigenvalue weighted by Gasteiger charge is 2.21. The number of nitrogens with zero attached hydrogens (tertiary/aromatic N) is 3. The summed E-state index contributed by atoms with van der Waals surface area (Å²) in [6, 6.07) is 20.6. The van der Waals surface area contributed by atoms with Crippen molar-refractivity contribution in [2.45, 2.75) is 18.4 Å². The summed E-state index contributed by atoms with van der Waals surface area (Å²) >= 11 is 0. The number of carbonyl (C=O) groups is 2. The van der Waals surface area contributed by atoms with Crippen LogP contribution in [0.25, 0.3) is 0 Å². The second-order valence-corrected chi connectivity index (χ2v) is 10.2. The van der Waals surface area contributed by atoms with Crippen molar-refractivity contribution in [3.05, 3.63) is 84.1 Å². The maximum atomic E-state index is 12.9. The molecule has 3 rings (SSSR count). The van der Waals surface area contributed by atoms with Crippen molar-refractivity contribution < 1.29 is 18.0 Å². The Kier molecular flexibility index (Phi) is 8.69. The van der Waals surface area contributed by atoms with E-state index in [1.54, 1.807) is 24.1 Å². The minimum absolute atomic E-state index is 0.00791. The van der Waals surface area contributed by atoms with Crippen LogP contribution in [0.5, 0.6) is 0 Å². The van der Waals surface area contributed by atoms with Crippen LogP contribution in [-0.2, 0) is 26.2 Å². The first-order valence-electron chi connectivity index (χ1n) is 11.0. The molecule has 2 N–H and O–H groups in total. The van der Waals surface area contributed by atoms with Crippen molar-refractivity contribution in [1.29, 1.82) is 0 Å². The van der Waals surface area contributed by atoms with Crippen LogP contribution in [0.3, 0.4) is 0 Å². The number of rotatable bonds is 10. The number of anilines is 2. The van der Waals surface area contributed by atoms with E-state index in [1.807, 2.05) is 43.3 Å². The van der Waals surface area contributed by atoms with Crippen molar-refractivity contribution in [2.75, 3.05) is 37.8 Å². The van der Waals surface area contributed by atoms with E-state index in [0.29, 0.717) is 11.5 Å². The van der Waals surface area contributed by atoms with E-state index >= 15 is 0 Å². The van der Waals surface area contributed by atoms with E-state index in [4.69, 9.17) is 0 Å². The second kappa shape index (κ2) is 11.7. The molecule has 0 unspecified atom stereocenters. The third-order valence-electron chi connectivity index (χ3n) is 5.08. The van der Waals surface area contributed by atoms with E-state index in [0.717, 1.165) is 11.3 Å². The molecule has 35 heavy (non-hydrogen) atoms. The van der Waals surface area contributed by atoms with Crippen molar-refractivity contribution >= 4 is 33.3 Å². The Hall–Kier alpha value is -3.60. The summed E-state index contributed by atoms with van der Waals surface area (Å²) < 4.78 is 27.0. The summed E-state index contributed by atoms with van der Waals surface area (Å²) in [7, 11) is -0.500. The predicted octanol–water partition coefficient (Wildman–Crippen LogP) is 2.72. The summed E-state index contributed by atoms with van der Waals surface area (Å²) in [4.78, 5) is 30.5. The lowest BCUT2D eigenvalue weighted by Crippen LogP contribution is -2.36. The molecule has 184 valence electrons. The van der Waals surface area contributed by atoms with Gasteiger partial charge in [-0.25, -0.2) is 13.4 Å². The molecule has 1 aromatic heterocycles. The minimum atomic E-state index is -3.68. The standard InChI is InChI=1S/C25H29N5O4S/c1-19-8-7-11-23(26-19)28-25(32)18-29(2)17-24(31)27-21-12-14-22(15-13-21)35(33,34)30(3)16-20-9-5-4-6-10-20/h4-15H,16-18H2,1-3H3,(H,27,31)(H,26,28,32). The van der Waals surface area contributed by atoms with Gasteiger partial charge < -0.3 is 10.6 Å². The average molecular weight is 496 g/mol. The van der Waals surface area contributed by atoms with E-state index in [1.165, 1.54) is 35.6 Å². The first kappa shape index (κ1) is 26.0. The molecule has 0 saturated heterocycles. The van der Waals surface area contributed by atoms with E-state index in [-0.39, 0.29) is 36.3 Å². The topological polar surface area (TPSA) is 112 Å². The van der Waals surface area contributed by atoms with Gasteiger partial charge in [-0.1, -0.05) is 36.4 Å². The fourth-order valence-corrected chi connectivity index (χ4v) is 4.52. The summed E-state index contributed by atoms with van der Waals surface area (Å²) in [5.74, 6) is -0.157. The van der Waals surface area contributed by atoms with E-state index in [2.05, 4.69) is 15.6 Å².